The lowest BCUT2D eigenvalue weighted by atomic mass is 10.1. The van der Waals surface area contributed by atoms with Gasteiger partial charge < -0.3 is 9.30 Å². The second kappa shape index (κ2) is 4.21. The van der Waals surface area contributed by atoms with Crippen LogP contribution in [0.4, 0.5) is 0 Å². The molecule has 0 fully saturated rings. The number of nitrogens with zero attached hydrogens (tertiary/aromatic N) is 3. The molecule has 4 heteroatoms. The first-order chi connectivity index (χ1) is 5.74. The summed E-state index contributed by atoms with van der Waals surface area (Å²) in [6, 6.07) is 0. The van der Waals surface area contributed by atoms with Gasteiger partial charge in [-0.1, -0.05) is 6.92 Å². The molecule has 0 aliphatic carbocycles. The first-order valence-electron chi connectivity index (χ1n) is 4.06. The molecule has 1 rings (SSSR count). The van der Waals surface area contributed by atoms with Crippen molar-refractivity contribution in [1.29, 1.82) is 0 Å². The SMILES string of the molecule is COCC(C)Cc1nncn1C. The lowest BCUT2D eigenvalue weighted by molar-refractivity contribution is 0.158. The second-order valence-corrected chi connectivity index (χ2v) is 3.12. The zero-order valence-electron chi connectivity index (χ0n) is 7.82. The normalized spacial score (nSPS) is 13.2. The molecule has 1 atom stereocenters. The molecular formula is C8H15N3O. The van der Waals surface area contributed by atoms with Crippen molar-refractivity contribution in [3.05, 3.63) is 12.2 Å². The number of aromatic nitrogens is 3. The van der Waals surface area contributed by atoms with E-state index in [1.54, 1.807) is 13.4 Å². The van der Waals surface area contributed by atoms with Crippen LogP contribution in [0.5, 0.6) is 0 Å². The Bertz CT molecular complexity index is 234. The zero-order valence-corrected chi connectivity index (χ0v) is 7.82. The van der Waals surface area contributed by atoms with Crippen molar-refractivity contribution in [2.24, 2.45) is 13.0 Å². The number of methoxy groups -OCH3 is 1. The van der Waals surface area contributed by atoms with Crippen molar-refractivity contribution >= 4 is 0 Å². The summed E-state index contributed by atoms with van der Waals surface area (Å²) in [6.45, 7) is 2.91. The Morgan fingerprint density at radius 3 is 2.92 bits per heavy atom. The first-order valence-corrected chi connectivity index (χ1v) is 4.06. The van der Waals surface area contributed by atoms with Crippen LogP contribution in [0.15, 0.2) is 6.33 Å². The lowest BCUT2D eigenvalue weighted by Gasteiger charge is -2.08. The van der Waals surface area contributed by atoms with E-state index in [9.17, 15) is 0 Å². The van der Waals surface area contributed by atoms with Crippen LogP contribution in [-0.4, -0.2) is 28.5 Å². The molecule has 4 nitrogen and oxygen atoms in total. The summed E-state index contributed by atoms with van der Waals surface area (Å²) in [4.78, 5) is 0. The largest absolute Gasteiger partial charge is 0.384 e. The lowest BCUT2D eigenvalue weighted by Crippen LogP contribution is -2.10. The first kappa shape index (κ1) is 9.19. The minimum atomic E-state index is 0.498. The predicted octanol–water partition coefficient (Wildman–Crippen LogP) is 0.640. The Hall–Kier alpha value is -0.900. The van der Waals surface area contributed by atoms with Gasteiger partial charge in [0.15, 0.2) is 0 Å². The van der Waals surface area contributed by atoms with E-state index in [0.29, 0.717) is 5.92 Å². The summed E-state index contributed by atoms with van der Waals surface area (Å²) in [5.41, 5.74) is 0. The van der Waals surface area contributed by atoms with Gasteiger partial charge in [0.25, 0.3) is 0 Å². The molecule has 0 bridgehead atoms. The quantitative estimate of drug-likeness (QED) is 0.664. The van der Waals surface area contributed by atoms with E-state index >= 15 is 0 Å². The number of hydrogen-bond donors (Lipinski definition) is 0. The fraction of sp³-hybridized carbons (Fsp3) is 0.750. The van der Waals surface area contributed by atoms with Crippen LogP contribution in [0.1, 0.15) is 12.7 Å². The maximum Gasteiger partial charge on any atom is 0.132 e. The molecule has 0 spiro atoms. The van der Waals surface area contributed by atoms with Crippen LogP contribution in [-0.2, 0) is 18.2 Å². The summed E-state index contributed by atoms with van der Waals surface area (Å²) in [5.74, 6) is 1.51. The maximum atomic E-state index is 5.03. The van der Waals surface area contributed by atoms with Gasteiger partial charge in [0, 0.05) is 27.2 Å². The highest BCUT2D eigenvalue weighted by molar-refractivity contribution is 4.85. The van der Waals surface area contributed by atoms with Crippen molar-refractivity contribution in [1.82, 2.24) is 14.8 Å². The van der Waals surface area contributed by atoms with Gasteiger partial charge in [-0.25, -0.2) is 0 Å². The number of ether oxygens (including phenoxy) is 1. The molecule has 68 valence electrons. The van der Waals surface area contributed by atoms with E-state index in [4.69, 9.17) is 4.74 Å². The molecule has 0 amide bonds. The fourth-order valence-corrected chi connectivity index (χ4v) is 1.15. The molecule has 0 radical (unpaired) electrons. The Balaban J connectivity index is 2.46. The molecule has 0 saturated carbocycles. The van der Waals surface area contributed by atoms with Gasteiger partial charge in [0.2, 0.25) is 0 Å². The molecule has 1 aromatic rings. The zero-order chi connectivity index (χ0) is 8.97. The Labute approximate surface area is 72.6 Å². The van der Waals surface area contributed by atoms with E-state index < -0.39 is 0 Å². The van der Waals surface area contributed by atoms with Crippen LogP contribution in [0, 0.1) is 5.92 Å². The van der Waals surface area contributed by atoms with Crippen LogP contribution in [0.25, 0.3) is 0 Å². The van der Waals surface area contributed by atoms with Gasteiger partial charge in [-0.2, -0.15) is 0 Å². The molecule has 0 aromatic carbocycles. The molecule has 12 heavy (non-hydrogen) atoms. The van der Waals surface area contributed by atoms with Crippen molar-refractivity contribution < 1.29 is 4.74 Å². The average molecular weight is 169 g/mol. The summed E-state index contributed by atoms with van der Waals surface area (Å²) >= 11 is 0. The smallest absolute Gasteiger partial charge is 0.132 e. The number of rotatable bonds is 4. The Kier molecular flexibility index (Phi) is 3.22. The van der Waals surface area contributed by atoms with Gasteiger partial charge in [-0.3, -0.25) is 0 Å². The van der Waals surface area contributed by atoms with E-state index in [-0.39, 0.29) is 0 Å². The second-order valence-electron chi connectivity index (χ2n) is 3.12. The van der Waals surface area contributed by atoms with Crippen molar-refractivity contribution in [2.75, 3.05) is 13.7 Å². The molecule has 0 saturated heterocycles. The summed E-state index contributed by atoms with van der Waals surface area (Å²) in [5, 5.41) is 7.80. The summed E-state index contributed by atoms with van der Waals surface area (Å²) in [6.07, 6.45) is 2.64. The van der Waals surface area contributed by atoms with E-state index in [1.807, 2.05) is 11.6 Å². The minimum absolute atomic E-state index is 0.498. The van der Waals surface area contributed by atoms with Crippen LogP contribution < -0.4 is 0 Å². The van der Waals surface area contributed by atoms with Crippen LogP contribution >= 0.6 is 0 Å². The van der Waals surface area contributed by atoms with E-state index in [0.717, 1.165) is 18.9 Å². The van der Waals surface area contributed by atoms with Crippen LogP contribution in [0.3, 0.4) is 0 Å². The van der Waals surface area contributed by atoms with Gasteiger partial charge in [0.05, 0.1) is 0 Å². The summed E-state index contributed by atoms with van der Waals surface area (Å²) < 4.78 is 6.97. The number of hydrogen-bond acceptors (Lipinski definition) is 3. The van der Waals surface area contributed by atoms with Crippen molar-refractivity contribution in [3.8, 4) is 0 Å². The molecular weight excluding hydrogens is 154 g/mol. The third-order valence-corrected chi connectivity index (χ3v) is 1.79. The maximum absolute atomic E-state index is 5.03. The number of aryl methyl sites for hydroxylation is 1. The highest BCUT2D eigenvalue weighted by Gasteiger charge is 2.06. The average Bonchev–Trinajstić information content (AvgIpc) is 2.37. The molecule has 1 aromatic heterocycles. The van der Waals surface area contributed by atoms with Crippen LogP contribution in [0.2, 0.25) is 0 Å². The standard InChI is InChI=1S/C8H15N3O/c1-7(5-12-3)4-8-10-9-6-11(8)2/h6-7H,4-5H2,1-3H3. The molecule has 1 heterocycles. The predicted molar refractivity (Wildman–Crippen MR) is 45.7 cm³/mol. The molecule has 0 aliphatic rings. The van der Waals surface area contributed by atoms with Gasteiger partial charge in [-0.15, -0.1) is 10.2 Å². The van der Waals surface area contributed by atoms with Gasteiger partial charge >= 0.3 is 0 Å². The monoisotopic (exact) mass is 169 g/mol. The van der Waals surface area contributed by atoms with E-state index in [2.05, 4.69) is 17.1 Å². The molecule has 0 aliphatic heterocycles. The van der Waals surface area contributed by atoms with Crippen molar-refractivity contribution in [3.63, 3.8) is 0 Å². The van der Waals surface area contributed by atoms with Crippen molar-refractivity contribution in [2.45, 2.75) is 13.3 Å². The van der Waals surface area contributed by atoms with Gasteiger partial charge in [-0.05, 0) is 5.92 Å². The highest BCUT2D eigenvalue weighted by Crippen LogP contribution is 2.04. The molecule has 1 unspecified atom stereocenters. The topological polar surface area (TPSA) is 39.9 Å². The minimum Gasteiger partial charge on any atom is -0.384 e. The van der Waals surface area contributed by atoms with E-state index in [1.165, 1.54) is 0 Å². The highest BCUT2D eigenvalue weighted by atomic mass is 16.5. The third kappa shape index (κ3) is 2.30. The molecule has 0 N–H and O–H groups in total. The summed E-state index contributed by atoms with van der Waals surface area (Å²) in [7, 11) is 3.67. The third-order valence-electron chi connectivity index (χ3n) is 1.79. The Morgan fingerprint density at radius 1 is 1.67 bits per heavy atom. The Morgan fingerprint density at radius 2 is 2.42 bits per heavy atom. The van der Waals surface area contributed by atoms with Gasteiger partial charge in [0.1, 0.15) is 12.2 Å². The fourth-order valence-electron chi connectivity index (χ4n) is 1.15.